The number of benzene rings is 1. The van der Waals surface area contributed by atoms with E-state index in [0.29, 0.717) is 28.1 Å². The minimum absolute atomic E-state index is 0.0672. The Morgan fingerprint density at radius 2 is 2.11 bits per heavy atom. The molecule has 0 atom stereocenters. The topological polar surface area (TPSA) is 57.6 Å². The zero-order valence-corrected chi connectivity index (χ0v) is 11.7. The van der Waals surface area contributed by atoms with E-state index >= 15 is 0 Å². The van der Waals surface area contributed by atoms with Crippen LogP contribution in [0.2, 0.25) is 5.02 Å². The Kier molecular flexibility index (Phi) is 3.92. The number of aliphatic carboxylic acids is 1. The molecule has 1 aliphatic heterocycles. The summed E-state index contributed by atoms with van der Waals surface area (Å²) >= 11 is 9.11. The van der Waals surface area contributed by atoms with Crippen LogP contribution >= 0.6 is 27.5 Å². The Balaban J connectivity index is 1.99. The fourth-order valence-corrected chi connectivity index (χ4v) is 2.80. The van der Waals surface area contributed by atoms with Gasteiger partial charge in [-0.1, -0.05) is 11.6 Å². The van der Waals surface area contributed by atoms with E-state index in [0.717, 1.165) is 0 Å². The molecule has 4 nitrogen and oxygen atoms in total. The van der Waals surface area contributed by atoms with Gasteiger partial charge in [0.25, 0.3) is 5.91 Å². The SMILES string of the molecule is O=C(O)CC1CN(C(=O)c2ccc(Cl)cc2Br)C1. The zero-order chi connectivity index (χ0) is 13.3. The summed E-state index contributed by atoms with van der Waals surface area (Å²) in [5.74, 6) is -0.850. The molecule has 6 heteroatoms. The van der Waals surface area contributed by atoms with Crippen molar-refractivity contribution >= 4 is 39.4 Å². The largest absolute Gasteiger partial charge is 0.481 e. The smallest absolute Gasteiger partial charge is 0.303 e. The van der Waals surface area contributed by atoms with Crippen molar-refractivity contribution in [3.63, 3.8) is 0 Å². The molecular weight excluding hydrogens is 321 g/mol. The van der Waals surface area contributed by atoms with Crippen LogP contribution in [0.3, 0.4) is 0 Å². The highest BCUT2D eigenvalue weighted by Crippen LogP contribution is 2.26. The van der Waals surface area contributed by atoms with Crippen LogP contribution in [0.25, 0.3) is 0 Å². The highest BCUT2D eigenvalue weighted by Gasteiger charge is 2.33. The van der Waals surface area contributed by atoms with Crippen molar-refractivity contribution in [2.75, 3.05) is 13.1 Å². The van der Waals surface area contributed by atoms with Crippen molar-refractivity contribution in [3.05, 3.63) is 33.3 Å². The minimum Gasteiger partial charge on any atom is -0.481 e. The lowest BCUT2D eigenvalue weighted by Crippen LogP contribution is -2.50. The molecule has 1 N–H and O–H groups in total. The van der Waals surface area contributed by atoms with Gasteiger partial charge in [-0.3, -0.25) is 9.59 Å². The molecule has 0 aliphatic carbocycles. The summed E-state index contributed by atoms with van der Waals surface area (Å²) in [7, 11) is 0. The Hall–Kier alpha value is -1.07. The second-order valence-corrected chi connectivity index (χ2v) is 5.59. The Morgan fingerprint density at radius 1 is 1.44 bits per heavy atom. The highest BCUT2D eigenvalue weighted by atomic mass is 79.9. The predicted octanol–water partition coefficient (Wildman–Crippen LogP) is 2.65. The van der Waals surface area contributed by atoms with Gasteiger partial charge >= 0.3 is 5.97 Å². The molecule has 1 aliphatic rings. The second kappa shape index (κ2) is 5.28. The standard InChI is InChI=1S/C12H11BrClNO3/c13-10-4-8(14)1-2-9(10)12(18)15-5-7(6-15)3-11(16)17/h1-2,4,7H,3,5-6H2,(H,16,17). The van der Waals surface area contributed by atoms with E-state index in [1.54, 1.807) is 23.1 Å². The fraction of sp³-hybridized carbons (Fsp3) is 0.333. The molecule has 2 rings (SSSR count). The van der Waals surface area contributed by atoms with Crippen LogP contribution in [0, 0.1) is 5.92 Å². The molecule has 0 unspecified atom stereocenters. The van der Waals surface area contributed by atoms with Gasteiger partial charge in [-0.25, -0.2) is 0 Å². The quantitative estimate of drug-likeness (QED) is 0.926. The summed E-state index contributed by atoms with van der Waals surface area (Å²) in [6.07, 6.45) is 0.117. The predicted molar refractivity (Wildman–Crippen MR) is 70.8 cm³/mol. The number of carboxylic acids is 1. The second-order valence-electron chi connectivity index (χ2n) is 4.30. The van der Waals surface area contributed by atoms with Crippen LogP contribution in [0.15, 0.2) is 22.7 Å². The van der Waals surface area contributed by atoms with Gasteiger partial charge in [0.05, 0.1) is 12.0 Å². The summed E-state index contributed by atoms with van der Waals surface area (Å²) in [6, 6.07) is 5.00. The molecule has 1 fully saturated rings. The number of hydrogen-bond donors (Lipinski definition) is 1. The van der Waals surface area contributed by atoms with Crippen LogP contribution < -0.4 is 0 Å². The van der Waals surface area contributed by atoms with Crippen LogP contribution in [0.4, 0.5) is 0 Å². The number of carbonyl (C=O) groups is 2. The average molecular weight is 333 g/mol. The number of hydrogen-bond acceptors (Lipinski definition) is 2. The summed E-state index contributed by atoms with van der Waals surface area (Å²) < 4.78 is 0.654. The lowest BCUT2D eigenvalue weighted by molar-refractivity contribution is -0.139. The van der Waals surface area contributed by atoms with Crippen LogP contribution in [-0.2, 0) is 4.79 Å². The highest BCUT2D eigenvalue weighted by molar-refractivity contribution is 9.10. The zero-order valence-electron chi connectivity index (χ0n) is 9.40. The Labute approximate surface area is 118 Å². The maximum Gasteiger partial charge on any atom is 0.303 e. The third-order valence-corrected chi connectivity index (χ3v) is 3.76. The van der Waals surface area contributed by atoms with E-state index in [2.05, 4.69) is 15.9 Å². The normalized spacial score (nSPS) is 15.3. The molecule has 18 heavy (non-hydrogen) atoms. The number of rotatable bonds is 3. The summed E-state index contributed by atoms with van der Waals surface area (Å²) in [5.41, 5.74) is 0.549. The van der Waals surface area contributed by atoms with E-state index in [1.807, 2.05) is 0 Å². The summed E-state index contributed by atoms with van der Waals surface area (Å²) in [6.45, 7) is 1.00. The fourth-order valence-electron chi connectivity index (χ4n) is 1.95. The van der Waals surface area contributed by atoms with Gasteiger partial charge < -0.3 is 10.0 Å². The third kappa shape index (κ3) is 2.84. The molecule has 1 aromatic carbocycles. The number of carbonyl (C=O) groups excluding carboxylic acids is 1. The molecule has 0 radical (unpaired) electrons. The molecule has 1 saturated heterocycles. The van der Waals surface area contributed by atoms with E-state index in [9.17, 15) is 9.59 Å². The molecule has 0 saturated carbocycles. The molecule has 1 aromatic rings. The number of likely N-dealkylation sites (tertiary alicyclic amines) is 1. The van der Waals surface area contributed by atoms with Gasteiger partial charge in [0.2, 0.25) is 0 Å². The number of halogens is 2. The van der Waals surface area contributed by atoms with Gasteiger partial charge in [-0.05, 0) is 34.1 Å². The van der Waals surface area contributed by atoms with E-state index in [-0.39, 0.29) is 18.2 Å². The summed E-state index contributed by atoms with van der Waals surface area (Å²) in [5, 5.41) is 9.20. The monoisotopic (exact) mass is 331 g/mol. The van der Waals surface area contributed by atoms with Crippen molar-refractivity contribution < 1.29 is 14.7 Å². The maximum absolute atomic E-state index is 12.1. The van der Waals surface area contributed by atoms with Crippen molar-refractivity contribution in [2.45, 2.75) is 6.42 Å². The van der Waals surface area contributed by atoms with Crippen LogP contribution in [-0.4, -0.2) is 35.0 Å². The number of nitrogens with zero attached hydrogens (tertiary/aromatic N) is 1. The lowest BCUT2D eigenvalue weighted by Gasteiger charge is -2.38. The van der Waals surface area contributed by atoms with Gasteiger partial charge in [0.1, 0.15) is 0 Å². The molecule has 0 aromatic heterocycles. The van der Waals surface area contributed by atoms with Gasteiger partial charge in [0, 0.05) is 28.5 Å². The maximum atomic E-state index is 12.1. The van der Waals surface area contributed by atoms with Gasteiger partial charge in [-0.2, -0.15) is 0 Å². The van der Waals surface area contributed by atoms with E-state index < -0.39 is 5.97 Å². The third-order valence-electron chi connectivity index (χ3n) is 2.87. The Bertz CT molecular complexity index is 500. The van der Waals surface area contributed by atoms with Crippen molar-refractivity contribution in [1.29, 1.82) is 0 Å². The molecule has 0 bridgehead atoms. The van der Waals surface area contributed by atoms with Crippen molar-refractivity contribution in [2.24, 2.45) is 5.92 Å². The summed E-state index contributed by atoms with van der Waals surface area (Å²) in [4.78, 5) is 24.3. The van der Waals surface area contributed by atoms with E-state index in [4.69, 9.17) is 16.7 Å². The van der Waals surface area contributed by atoms with Crippen molar-refractivity contribution in [3.8, 4) is 0 Å². The molecular formula is C12H11BrClNO3. The van der Waals surface area contributed by atoms with Crippen LogP contribution in [0.5, 0.6) is 0 Å². The van der Waals surface area contributed by atoms with Gasteiger partial charge in [-0.15, -0.1) is 0 Å². The first-order chi connectivity index (χ1) is 8.47. The lowest BCUT2D eigenvalue weighted by atomic mass is 9.95. The molecule has 96 valence electrons. The average Bonchev–Trinajstić information content (AvgIpc) is 2.21. The molecule has 0 spiro atoms. The molecule has 1 amide bonds. The van der Waals surface area contributed by atoms with Gasteiger partial charge in [0.15, 0.2) is 0 Å². The first-order valence-electron chi connectivity index (χ1n) is 5.43. The number of amides is 1. The van der Waals surface area contributed by atoms with Crippen molar-refractivity contribution in [1.82, 2.24) is 4.90 Å². The first-order valence-corrected chi connectivity index (χ1v) is 6.60. The van der Waals surface area contributed by atoms with E-state index in [1.165, 1.54) is 0 Å². The minimum atomic E-state index is -0.820. The van der Waals surface area contributed by atoms with Crippen LogP contribution in [0.1, 0.15) is 16.8 Å². The Morgan fingerprint density at radius 3 is 2.67 bits per heavy atom. The first kappa shape index (κ1) is 13.4. The number of carboxylic acid groups (broad SMARTS) is 1. The molecule has 1 heterocycles.